The lowest BCUT2D eigenvalue weighted by Gasteiger charge is -2.23. The first-order valence-electron chi connectivity index (χ1n) is 8.06. The van der Waals surface area contributed by atoms with Gasteiger partial charge in [0.25, 0.3) is 0 Å². The molecular formula is C23H50. The minimum Gasteiger partial charge on any atom is -0.0776 e. The van der Waals surface area contributed by atoms with Gasteiger partial charge in [0.15, 0.2) is 0 Å². The van der Waals surface area contributed by atoms with Crippen molar-refractivity contribution in [1.29, 1.82) is 0 Å². The van der Waals surface area contributed by atoms with Gasteiger partial charge >= 0.3 is 0 Å². The third-order valence-corrected chi connectivity index (χ3v) is 2.87. The quantitative estimate of drug-likeness (QED) is 0.446. The molecule has 0 heterocycles. The molecule has 0 nitrogen and oxygen atoms in total. The topological polar surface area (TPSA) is 0 Å². The minimum absolute atomic E-state index is 0. The summed E-state index contributed by atoms with van der Waals surface area (Å²) in [6.07, 6.45) is 1.25. The lowest BCUT2D eigenvalue weighted by molar-refractivity contribution is 0.585. The molecule has 0 bridgehead atoms. The van der Waals surface area contributed by atoms with Crippen LogP contribution in [0.25, 0.3) is 0 Å². The average Bonchev–Trinajstić information content (AvgIpc) is 2.24. The Kier molecular flexibility index (Phi) is 23.6. The van der Waals surface area contributed by atoms with Crippen LogP contribution in [0, 0.1) is 26.7 Å². The predicted molar refractivity (Wildman–Crippen MR) is 116 cm³/mol. The summed E-state index contributed by atoms with van der Waals surface area (Å²) in [5, 5.41) is 0. The molecule has 0 aromatic heterocycles. The third kappa shape index (κ3) is 15.9. The van der Waals surface area contributed by atoms with E-state index in [-0.39, 0.29) is 27.7 Å². The molecule has 0 amide bonds. The molecule has 142 valence electrons. The molecule has 0 heteroatoms. The van der Waals surface area contributed by atoms with E-state index >= 15 is 0 Å². The summed E-state index contributed by atoms with van der Waals surface area (Å²) < 4.78 is 0. The van der Waals surface area contributed by atoms with Crippen molar-refractivity contribution in [2.75, 3.05) is 0 Å². The first-order chi connectivity index (χ1) is 8.98. The number of hydrogen-bond donors (Lipinski definition) is 0. The van der Waals surface area contributed by atoms with Crippen LogP contribution in [0.1, 0.15) is 106 Å². The van der Waals surface area contributed by atoms with E-state index in [4.69, 9.17) is 0 Å². The van der Waals surface area contributed by atoms with Crippen molar-refractivity contribution in [2.45, 2.75) is 110 Å². The van der Waals surface area contributed by atoms with E-state index in [1.807, 2.05) is 0 Å². The first-order valence-corrected chi connectivity index (χ1v) is 8.06. The van der Waals surface area contributed by atoms with Crippen LogP contribution < -0.4 is 0 Å². The standard InChI is InChI=1S/C13H20.C4H10.C3H8.3CH4/c1-9-7-8-12(13(4,5)6)11(3)10(9)2;1-4(2)3;1-3-2;;;/h7-8H,1-6H3;4H,1-3H3;3H2,1-2H3;3*1H4. The van der Waals surface area contributed by atoms with Crippen molar-refractivity contribution < 1.29 is 0 Å². The van der Waals surface area contributed by atoms with Gasteiger partial charge in [-0.1, -0.05) is 96.2 Å². The van der Waals surface area contributed by atoms with Crippen LogP contribution in [0.15, 0.2) is 12.1 Å². The zero-order valence-electron chi connectivity index (χ0n) is 15.9. The molecule has 1 rings (SSSR count). The highest BCUT2D eigenvalue weighted by Gasteiger charge is 2.17. The van der Waals surface area contributed by atoms with E-state index in [9.17, 15) is 0 Å². The summed E-state index contributed by atoms with van der Waals surface area (Å²) in [7, 11) is 0. The van der Waals surface area contributed by atoms with E-state index in [1.165, 1.54) is 28.7 Å². The summed E-state index contributed by atoms with van der Waals surface area (Å²) in [6.45, 7) is 24.2. The molecule has 0 aliphatic rings. The maximum absolute atomic E-state index is 2.27. The molecular weight excluding hydrogens is 276 g/mol. The van der Waals surface area contributed by atoms with Gasteiger partial charge < -0.3 is 0 Å². The third-order valence-electron chi connectivity index (χ3n) is 2.87. The van der Waals surface area contributed by atoms with E-state index in [0.717, 1.165) is 5.92 Å². The van der Waals surface area contributed by atoms with Gasteiger partial charge in [0.1, 0.15) is 0 Å². The van der Waals surface area contributed by atoms with Gasteiger partial charge in [-0.15, -0.1) is 0 Å². The molecule has 0 aliphatic carbocycles. The molecule has 0 N–H and O–H groups in total. The predicted octanol–water partition coefficient (Wildman–Crippen LogP) is 8.90. The average molecular weight is 327 g/mol. The van der Waals surface area contributed by atoms with Crippen molar-refractivity contribution in [3.05, 3.63) is 34.4 Å². The molecule has 0 spiro atoms. The second-order valence-corrected chi connectivity index (χ2v) is 7.37. The van der Waals surface area contributed by atoms with Crippen LogP contribution in [0.3, 0.4) is 0 Å². The summed E-state index contributed by atoms with van der Waals surface area (Å²) in [5.41, 5.74) is 6.02. The highest BCUT2D eigenvalue weighted by Crippen LogP contribution is 2.28. The Morgan fingerprint density at radius 3 is 1.35 bits per heavy atom. The molecule has 0 unspecified atom stereocenters. The summed E-state index contributed by atoms with van der Waals surface area (Å²) in [5.74, 6) is 0.833. The van der Waals surface area contributed by atoms with Gasteiger partial charge in [-0.3, -0.25) is 0 Å². The molecule has 0 saturated heterocycles. The monoisotopic (exact) mass is 326 g/mol. The normalized spacial score (nSPS) is 9.04. The Morgan fingerprint density at radius 1 is 0.783 bits per heavy atom. The largest absolute Gasteiger partial charge is 0.0776 e. The summed E-state index contributed by atoms with van der Waals surface area (Å²) >= 11 is 0. The molecule has 0 aliphatic heterocycles. The Bertz CT molecular complexity index is 362. The van der Waals surface area contributed by atoms with Gasteiger partial charge in [-0.05, 0) is 54.4 Å². The fourth-order valence-corrected chi connectivity index (χ4v) is 1.77. The van der Waals surface area contributed by atoms with Gasteiger partial charge in [0.05, 0.1) is 0 Å². The zero-order valence-corrected chi connectivity index (χ0v) is 15.9. The van der Waals surface area contributed by atoms with Crippen LogP contribution >= 0.6 is 0 Å². The highest BCUT2D eigenvalue weighted by molar-refractivity contribution is 5.41. The Morgan fingerprint density at radius 2 is 1.09 bits per heavy atom. The van der Waals surface area contributed by atoms with Crippen LogP contribution in [0.5, 0.6) is 0 Å². The van der Waals surface area contributed by atoms with E-state index in [1.54, 1.807) is 0 Å². The lowest BCUT2D eigenvalue weighted by atomic mass is 9.82. The van der Waals surface area contributed by atoms with Crippen LogP contribution in [-0.2, 0) is 5.41 Å². The molecule has 0 saturated carbocycles. The van der Waals surface area contributed by atoms with Crippen LogP contribution in [0.4, 0.5) is 0 Å². The SMILES string of the molecule is C.C.C.CC(C)C.CCC.Cc1ccc(C(C)(C)C)c(C)c1C. The van der Waals surface area contributed by atoms with E-state index in [0.29, 0.717) is 0 Å². The minimum atomic E-state index is 0. The maximum atomic E-state index is 2.27. The van der Waals surface area contributed by atoms with Crippen molar-refractivity contribution in [2.24, 2.45) is 5.92 Å². The highest BCUT2D eigenvalue weighted by atomic mass is 14.2. The smallest absolute Gasteiger partial charge is 0.0129 e. The molecule has 0 atom stereocenters. The fraction of sp³-hybridized carbons (Fsp3) is 0.739. The number of benzene rings is 1. The second kappa shape index (κ2) is 16.1. The zero-order chi connectivity index (χ0) is 16.5. The Labute approximate surface area is 151 Å². The van der Waals surface area contributed by atoms with Crippen LogP contribution in [0.2, 0.25) is 0 Å². The second-order valence-electron chi connectivity index (χ2n) is 7.37. The lowest BCUT2D eigenvalue weighted by Crippen LogP contribution is -2.13. The summed E-state index contributed by atoms with van der Waals surface area (Å²) in [4.78, 5) is 0. The van der Waals surface area contributed by atoms with Gasteiger partial charge in [-0.2, -0.15) is 0 Å². The van der Waals surface area contributed by atoms with Gasteiger partial charge in [-0.25, -0.2) is 0 Å². The van der Waals surface area contributed by atoms with E-state index < -0.39 is 0 Å². The van der Waals surface area contributed by atoms with Crippen LogP contribution in [-0.4, -0.2) is 0 Å². The molecule has 1 aromatic rings. The fourth-order valence-electron chi connectivity index (χ4n) is 1.77. The molecule has 23 heavy (non-hydrogen) atoms. The number of hydrogen-bond acceptors (Lipinski definition) is 0. The summed E-state index contributed by atoms with van der Waals surface area (Å²) in [6, 6.07) is 4.49. The molecule has 0 fully saturated rings. The number of rotatable bonds is 0. The van der Waals surface area contributed by atoms with Gasteiger partial charge in [0, 0.05) is 0 Å². The van der Waals surface area contributed by atoms with Gasteiger partial charge in [0.2, 0.25) is 0 Å². The first kappa shape index (κ1) is 33.7. The van der Waals surface area contributed by atoms with Crippen molar-refractivity contribution in [3.63, 3.8) is 0 Å². The Hall–Kier alpha value is -0.780. The molecule has 0 radical (unpaired) electrons. The van der Waals surface area contributed by atoms with Crippen molar-refractivity contribution in [3.8, 4) is 0 Å². The maximum Gasteiger partial charge on any atom is -0.0129 e. The Balaban J connectivity index is -0.0000000935. The molecule has 1 aromatic carbocycles. The van der Waals surface area contributed by atoms with Crippen molar-refractivity contribution >= 4 is 0 Å². The van der Waals surface area contributed by atoms with E-state index in [2.05, 4.69) is 88.3 Å². The number of aryl methyl sites for hydroxylation is 1. The van der Waals surface area contributed by atoms with Crippen molar-refractivity contribution in [1.82, 2.24) is 0 Å².